The van der Waals surface area contributed by atoms with Crippen LogP contribution >= 0.6 is 11.6 Å². The van der Waals surface area contributed by atoms with E-state index in [2.05, 4.69) is 4.72 Å². The van der Waals surface area contributed by atoms with Crippen molar-refractivity contribution in [2.24, 2.45) is 0 Å². The number of sulfonamides is 1. The van der Waals surface area contributed by atoms with Crippen LogP contribution in [0.1, 0.15) is 19.3 Å². The number of anilines is 1. The highest BCUT2D eigenvalue weighted by Gasteiger charge is 2.40. The first-order chi connectivity index (χ1) is 8.38. The molecule has 1 fully saturated rings. The van der Waals surface area contributed by atoms with Gasteiger partial charge in [-0.25, -0.2) is 13.1 Å². The number of halogens is 1. The molecule has 0 heterocycles. The number of nitrogens with two attached hydrogens (primary N) is 1. The van der Waals surface area contributed by atoms with Gasteiger partial charge in [-0.1, -0.05) is 11.6 Å². The third-order valence-electron chi connectivity index (χ3n) is 3.21. The van der Waals surface area contributed by atoms with E-state index >= 15 is 0 Å². The van der Waals surface area contributed by atoms with Crippen LogP contribution in [0.3, 0.4) is 0 Å². The van der Waals surface area contributed by atoms with Gasteiger partial charge in [0.25, 0.3) is 0 Å². The third kappa shape index (κ3) is 2.47. The number of aliphatic hydroxyl groups is 1. The van der Waals surface area contributed by atoms with Crippen LogP contribution in [0.4, 0.5) is 5.69 Å². The van der Waals surface area contributed by atoms with Crippen molar-refractivity contribution >= 4 is 27.3 Å². The Hall–Kier alpha value is -0.820. The second kappa shape index (κ2) is 4.70. The molecule has 18 heavy (non-hydrogen) atoms. The summed E-state index contributed by atoms with van der Waals surface area (Å²) in [6.07, 6.45) is 2.17. The van der Waals surface area contributed by atoms with Crippen LogP contribution in [0.25, 0.3) is 0 Å². The second-order valence-corrected chi connectivity index (χ2v) is 6.65. The van der Waals surface area contributed by atoms with E-state index in [1.54, 1.807) is 0 Å². The van der Waals surface area contributed by atoms with Gasteiger partial charge in [0.1, 0.15) is 4.90 Å². The molecule has 100 valence electrons. The quantitative estimate of drug-likeness (QED) is 0.725. The maximum atomic E-state index is 12.2. The van der Waals surface area contributed by atoms with E-state index in [1.807, 2.05) is 0 Å². The zero-order valence-corrected chi connectivity index (χ0v) is 11.3. The molecule has 1 aromatic carbocycles. The van der Waals surface area contributed by atoms with Crippen molar-refractivity contribution in [1.29, 1.82) is 0 Å². The maximum absolute atomic E-state index is 12.2. The molecule has 1 saturated carbocycles. The van der Waals surface area contributed by atoms with Crippen molar-refractivity contribution in [1.82, 2.24) is 4.72 Å². The molecule has 1 aliphatic carbocycles. The normalized spacial score (nSPS) is 18.3. The maximum Gasteiger partial charge on any atom is 0.242 e. The number of hydrogen-bond donors (Lipinski definition) is 3. The highest BCUT2D eigenvalue weighted by atomic mass is 35.5. The van der Waals surface area contributed by atoms with Crippen LogP contribution < -0.4 is 10.5 Å². The van der Waals surface area contributed by atoms with Crippen LogP contribution in [0.5, 0.6) is 0 Å². The second-order valence-electron chi connectivity index (χ2n) is 4.59. The molecule has 1 aliphatic rings. The lowest BCUT2D eigenvalue weighted by atomic mass is 9.78. The first-order valence-electron chi connectivity index (χ1n) is 5.58. The average Bonchev–Trinajstić information content (AvgIpc) is 2.23. The standard InChI is InChI=1S/C11H15ClN2O3S/c12-9-6-8(13)2-3-10(9)18(16,17)14-11(7-15)4-1-5-11/h2-3,6,14-15H,1,4-5,7,13H2. The van der Waals surface area contributed by atoms with Crippen molar-refractivity contribution in [2.75, 3.05) is 12.3 Å². The Bertz CT molecular complexity index is 550. The zero-order chi connectivity index (χ0) is 13.4. The molecule has 0 aliphatic heterocycles. The van der Waals surface area contributed by atoms with Gasteiger partial charge in [0.15, 0.2) is 0 Å². The molecule has 0 saturated heterocycles. The molecule has 0 radical (unpaired) electrons. The SMILES string of the molecule is Nc1ccc(S(=O)(=O)NC2(CO)CCC2)c(Cl)c1. The van der Waals surface area contributed by atoms with Crippen LogP contribution in [0, 0.1) is 0 Å². The Morgan fingerprint density at radius 1 is 1.44 bits per heavy atom. The summed E-state index contributed by atoms with van der Waals surface area (Å²) >= 11 is 5.89. The van der Waals surface area contributed by atoms with Crippen molar-refractivity contribution in [3.05, 3.63) is 23.2 Å². The molecule has 7 heteroatoms. The van der Waals surface area contributed by atoms with E-state index in [9.17, 15) is 13.5 Å². The lowest BCUT2D eigenvalue weighted by Gasteiger charge is -2.40. The summed E-state index contributed by atoms with van der Waals surface area (Å²) in [6, 6.07) is 4.24. The third-order valence-corrected chi connectivity index (χ3v) is 5.27. The molecule has 0 amide bonds. The van der Waals surface area contributed by atoms with Crippen molar-refractivity contribution < 1.29 is 13.5 Å². The highest BCUT2D eigenvalue weighted by molar-refractivity contribution is 7.89. The average molecular weight is 291 g/mol. The van der Waals surface area contributed by atoms with E-state index < -0.39 is 15.6 Å². The number of rotatable bonds is 4. The van der Waals surface area contributed by atoms with Gasteiger partial charge in [0.05, 0.1) is 17.2 Å². The van der Waals surface area contributed by atoms with E-state index in [4.69, 9.17) is 17.3 Å². The van der Waals surface area contributed by atoms with Crippen LogP contribution in [-0.4, -0.2) is 25.7 Å². The van der Waals surface area contributed by atoms with Crippen LogP contribution in [0.15, 0.2) is 23.1 Å². The first-order valence-corrected chi connectivity index (χ1v) is 7.45. The minimum Gasteiger partial charge on any atom is -0.399 e. The predicted octanol–water partition coefficient (Wildman–Crippen LogP) is 1.12. The summed E-state index contributed by atoms with van der Waals surface area (Å²) in [5.41, 5.74) is 5.19. The van der Waals surface area contributed by atoms with Crippen molar-refractivity contribution in [2.45, 2.75) is 29.7 Å². The van der Waals surface area contributed by atoms with E-state index in [1.165, 1.54) is 18.2 Å². The summed E-state index contributed by atoms with van der Waals surface area (Å²) in [5, 5.41) is 9.36. The first kappa shape index (κ1) is 13.6. The van der Waals surface area contributed by atoms with Crippen LogP contribution in [-0.2, 0) is 10.0 Å². The van der Waals surface area contributed by atoms with Gasteiger partial charge in [-0.15, -0.1) is 0 Å². The van der Waals surface area contributed by atoms with Crippen molar-refractivity contribution in [3.8, 4) is 0 Å². The Balaban J connectivity index is 2.31. The molecule has 0 spiro atoms. The van der Waals surface area contributed by atoms with Gasteiger partial charge in [0.2, 0.25) is 10.0 Å². The Morgan fingerprint density at radius 2 is 2.11 bits per heavy atom. The van der Waals surface area contributed by atoms with Gasteiger partial charge in [0, 0.05) is 5.69 Å². The summed E-state index contributed by atoms with van der Waals surface area (Å²) in [6.45, 7) is -0.210. The van der Waals surface area contributed by atoms with E-state index in [-0.39, 0.29) is 16.5 Å². The number of nitrogen functional groups attached to an aromatic ring is 1. The minimum absolute atomic E-state index is 0.0157. The minimum atomic E-state index is -3.74. The molecule has 0 unspecified atom stereocenters. The van der Waals surface area contributed by atoms with Gasteiger partial charge in [-0.2, -0.15) is 0 Å². The monoisotopic (exact) mass is 290 g/mol. The molecule has 0 atom stereocenters. The summed E-state index contributed by atoms with van der Waals surface area (Å²) in [5.74, 6) is 0. The molecule has 5 nitrogen and oxygen atoms in total. The fraction of sp³-hybridized carbons (Fsp3) is 0.455. The predicted molar refractivity (Wildman–Crippen MR) is 69.9 cm³/mol. The topological polar surface area (TPSA) is 92.4 Å². The molecular weight excluding hydrogens is 276 g/mol. The molecule has 2 rings (SSSR count). The number of aliphatic hydroxyl groups excluding tert-OH is 1. The molecule has 1 aromatic rings. The van der Waals surface area contributed by atoms with Gasteiger partial charge >= 0.3 is 0 Å². The van der Waals surface area contributed by atoms with Gasteiger partial charge in [-0.3, -0.25) is 0 Å². The highest BCUT2D eigenvalue weighted by Crippen LogP contribution is 2.34. The molecular formula is C11H15ClN2O3S. The Kier molecular flexibility index (Phi) is 3.55. The summed E-state index contributed by atoms with van der Waals surface area (Å²) < 4.78 is 26.9. The smallest absolute Gasteiger partial charge is 0.242 e. The van der Waals surface area contributed by atoms with E-state index in [0.717, 1.165) is 6.42 Å². The number of benzene rings is 1. The Labute approximate surface area is 111 Å². The summed E-state index contributed by atoms with van der Waals surface area (Å²) in [4.78, 5) is -0.0157. The molecule has 4 N–H and O–H groups in total. The lowest BCUT2D eigenvalue weighted by molar-refractivity contribution is 0.110. The largest absolute Gasteiger partial charge is 0.399 e. The summed E-state index contributed by atoms with van der Waals surface area (Å²) in [7, 11) is -3.74. The van der Waals surface area contributed by atoms with Crippen molar-refractivity contribution in [3.63, 3.8) is 0 Å². The number of hydrogen-bond acceptors (Lipinski definition) is 4. The van der Waals surface area contributed by atoms with E-state index in [0.29, 0.717) is 18.5 Å². The number of nitrogens with one attached hydrogen (secondary N) is 1. The van der Waals surface area contributed by atoms with Gasteiger partial charge in [-0.05, 0) is 37.5 Å². The van der Waals surface area contributed by atoms with Gasteiger partial charge < -0.3 is 10.8 Å². The zero-order valence-electron chi connectivity index (χ0n) is 9.69. The Morgan fingerprint density at radius 3 is 2.56 bits per heavy atom. The fourth-order valence-corrected chi connectivity index (χ4v) is 3.98. The lowest BCUT2D eigenvalue weighted by Crippen LogP contribution is -2.55. The van der Waals surface area contributed by atoms with Crippen LogP contribution in [0.2, 0.25) is 5.02 Å². The fourth-order valence-electron chi connectivity index (χ4n) is 1.97. The molecule has 0 bridgehead atoms. The molecule has 0 aromatic heterocycles.